The van der Waals surface area contributed by atoms with E-state index in [1.807, 2.05) is 19.0 Å². The fraction of sp³-hybridized carbons (Fsp3) is 0.364. The van der Waals surface area contributed by atoms with Crippen LogP contribution in [-0.2, 0) is 0 Å². The Balaban J connectivity index is 2.57. The van der Waals surface area contributed by atoms with E-state index in [1.165, 1.54) is 6.07 Å². The van der Waals surface area contributed by atoms with Gasteiger partial charge in [0.15, 0.2) is 0 Å². The summed E-state index contributed by atoms with van der Waals surface area (Å²) >= 11 is 2.92. The number of nitrogens with one attached hydrogen (secondary N) is 2. The number of nitrogens with zero attached hydrogens (tertiary/aromatic N) is 1. The Hall–Kier alpha value is -1.21. The quantitative estimate of drug-likeness (QED) is 0.836. The largest absolute Gasteiger partial charge is 0.337 e. The first kappa shape index (κ1) is 14.8. The SMILES string of the molecule is CN(C)CCNC(=O)Nc1cc(Br)c(F)cc1F. The molecule has 7 heteroatoms. The summed E-state index contributed by atoms with van der Waals surface area (Å²) in [7, 11) is 3.74. The van der Waals surface area contributed by atoms with Gasteiger partial charge in [-0.25, -0.2) is 13.6 Å². The lowest BCUT2D eigenvalue weighted by Crippen LogP contribution is -2.34. The first-order valence-corrected chi connectivity index (χ1v) is 6.03. The number of urea groups is 1. The number of hydrogen-bond donors (Lipinski definition) is 2. The first-order chi connectivity index (χ1) is 8.40. The summed E-state index contributed by atoms with van der Waals surface area (Å²) in [5.74, 6) is -1.54. The van der Waals surface area contributed by atoms with E-state index >= 15 is 0 Å². The molecule has 0 bridgehead atoms. The fourth-order valence-electron chi connectivity index (χ4n) is 1.18. The molecule has 1 aromatic rings. The molecule has 0 fully saturated rings. The van der Waals surface area contributed by atoms with E-state index in [2.05, 4.69) is 26.6 Å². The number of hydrogen-bond acceptors (Lipinski definition) is 2. The molecule has 18 heavy (non-hydrogen) atoms. The maximum Gasteiger partial charge on any atom is 0.319 e. The summed E-state index contributed by atoms with van der Waals surface area (Å²) in [5.41, 5.74) is -0.0781. The molecule has 100 valence electrons. The highest BCUT2D eigenvalue weighted by Gasteiger charge is 2.10. The van der Waals surface area contributed by atoms with Crippen LogP contribution in [0.15, 0.2) is 16.6 Å². The van der Waals surface area contributed by atoms with Gasteiger partial charge in [-0.15, -0.1) is 0 Å². The highest BCUT2D eigenvalue weighted by Crippen LogP contribution is 2.23. The number of carbonyl (C=O) groups is 1. The van der Waals surface area contributed by atoms with Crippen LogP contribution in [0.3, 0.4) is 0 Å². The third-order valence-corrected chi connectivity index (χ3v) is 2.71. The lowest BCUT2D eigenvalue weighted by Gasteiger charge is -2.12. The van der Waals surface area contributed by atoms with E-state index in [0.717, 1.165) is 0 Å². The Bertz CT molecular complexity index is 441. The van der Waals surface area contributed by atoms with Gasteiger partial charge in [0.05, 0.1) is 10.2 Å². The lowest BCUT2D eigenvalue weighted by atomic mass is 10.3. The predicted octanol–water partition coefficient (Wildman–Crippen LogP) is 2.41. The van der Waals surface area contributed by atoms with Crippen molar-refractivity contribution in [2.75, 3.05) is 32.5 Å². The molecule has 0 aliphatic heterocycles. The van der Waals surface area contributed by atoms with Crippen LogP contribution in [0, 0.1) is 11.6 Å². The molecule has 0 radical (unpaired) electrons. The number of amides is 2. The summed E-state index contributed by atoms with van der Waals surface area (Å²) in [5, 5.41) is 4.87. The molecule has 1 rings (SSSR count). The Morgan fingerprint density at radius 3 is 2.61 bits per heavy atom. The lowest BCUT2D eigenvalue weighted by molar-refractivity contribution is 0.250. The van der Waals surface area contributed by atoms with Crippen molar-refractivity contribution in [3.8, 4) is 0 Å². The van der Waals surface area contributed by atoms with E-state index in [0.29, 0.717) is 19.2 Å². The van der Waals surface area contributed by atoms with Crippen LogP contribution in [0.5, 0.6) is 0 Å². The van der Waals surface area contributed by atoms with Gasteiger partial charge in [0.2, 0.25) is 0 Å². The molecule has 4 nitrogen and oxygen atoms in total. The number of rotatable bonds is 4. The van der Waals surface area contributed by atoms with Crippen LogP contribution in [0.25, 0.3) is 0 Å². The molecule has 0 saturated carbocycles. The molecule has 0 aliphatic rings. The highest BCUT2D eigenvalue weighted by molar-refractivity contribution is 9.10. The van der Waals surface area contributed by atoms with Crippen molar-refractivity contribution in [3.63, 3.8) is 0 Å². The molecule has 0 aliphatic carbocycles. The molecule has 0 saturated heterocycles. The van der Waals surface area contributed by atoms with Crippen molar-refractivity contribution in [2.45, 2.75) is 0 Å². The van der Waals surface area contributed by atoms with Gasteiger partial charge in [-0.05, 0) is 36.1 Å². The van der Waals surface area contributed by atoms with Crippen molar-refractivity contribution in [1.29, 1.82) is 0 Å². The zero-order chi connectivity index (χ0) is 13.7. The van der Waals surface area contributed by atoms with E-state index in [-0.39, 0.29) is 10.2 Å². The van der Waals surface area contributed by atoms with Crippen molar-refractivity contribution in [3.05, 3.63) is 28.2 Å². The van der Waals surface area contributed by atoms with Gasteiger partial charge in [0, 0.05) is 19.2 Å². The molecule has 0 spiro atoms. The maximum absolute atomic E-state index is 13.3. The van der Waals surface area contributed by atoms with E-state index in [4.69, 9.17) is 0 Å². The minimum atomic E-state index is -0.821. The number of likely N-dealkylation sites (N-methyl/N-ethyl adjacent to an activating group) is 1. The zero-order valence-electron chi connectivity index (χ0n) is 10.1. The number of carbonyl (C=O) groups excluding carboxylic acids is 1. The van der Waals surface area contributed by atoms with Crippen LogP contribution >= 0.6 is 15.9 Å². The van der Waals surface area contributed by atoms with E-state index in [1.54, 1.807) is 0 Å². The Labute approximate surface area is 112 Å². The smallest absolute Gasteiger partial charge is 0.319 e. The summed E-state index contributed by atoms with van der Waals surface area (Å²) in [6.45, 7) is 1.10. The Morgan fingerprint density at radius 1 is 1.33 bits per heavy atom. The fourth-order valence-corrected chi connectivity index (χ4v) is 1.52. The molecule has 0 unspecified atom stereocenters. The molecule has 2 amide bonds. The zero-order valence-corrected chi connectivity index (χ0v) is 11.6. The standard InChI is InChI=1S/C11H14BrF2N3O/c1-17(2)4-3-15-11(18)16-10-5-7(12)8(13)6-9(10)14/h5-6H,3-4H2,1-2H3,(H2,15,16,18). The molecule has 1 aromatic carbocycles. The van der Waals surface area contributed by atoms with Crippen LogP contribution < -0.4 is 10.6 Å². The van der Waals surface area contributed by atoms with Gasteiger partial charge in [0.1, 0.15) is 11.6 Å². The van der Waals surface area contributed by atoms with Gasteiger partial charge in [0.25, 0.3) is 0 Å². The minimum Gasteiger partial charge on any atom is -0.337 e. The maximum atomic E-state index is 13.3. The minimum absolute atomic E-state index is 0.0781. The second-order valence-electron chi connectivity index (χ2n) is 3.93. The number of halogens is 3. The average molecular weight is 322 g/mol. The van der Waals surface area contributed by atoms with Crippen molar-refractivity contribution < 1.29 is 13.6 Å². The third kappa shape index (κ3) is 4.58. The summed E-state index contributed by atoms with van der Waals surface area (Å²) in [6.07, 6.45) is 0. The summed E-state index contributed by atoms with van der Waals surface area (Å²) in [4.78, 5) is 13.3. The second-order valence-corrected chi connectivity index (χ2v) is 4.78. The normalized spacial score (nSPS) is 10.6. The Morgan fingerprint density at radius 2 is 2.00 bits per heavy atom. The van der Waals surface area contributed by atoms with Crippen LogP contribution in [0.2, 0.25) is 0 Å². The van der Waals surface area contributed by atoms with Crippen molar-refractivity contribution >= 4 is 27.6 Å². The average Bonchev–Trinajstić information content (AvgIpc) is 2.25. The Kier molecular flexibility index (Phi) is 5.49. The van der Waals surface area contributed by atoms with Gasteiger partial charge in [-0.2, -0.15) is 0 Å². The highest BCUT2D eigenvalue weighted by atomic mass is 79.9. The molecular formula is C11H14BrF2N3O. The van der Waals surface area contributed by atoms with E-state index < -0.39 is 17.7 Å². The van der Waals surface area contributed by atoms with Gasteiger partial charge < -0.3 is 15.5 Å². The molecule has 0 heterocycles. The van der Waals surface area contributed by atoms with Gasteiger partial charge in [-0.3, -0.25) is 0 Å². The molecule has 0 aromatic heterocycles. The number of benzene rings is 1. The predicted molar refractivity (Wildman–Crippen MR) is 69.6 cm³/mol. The van der Waals surface area contributed by atoms with Gasteiger partial charge >= 0.3 is 6.03 Å². The molecular weight excluding hydrogens is 308 g/mol. The van der Waals surface area contributed by atoms with E-state index in [9.17, 15) is 13.6 Å². The van der Waals surface area contributed by atoms with Gasteiger partial charge in [-0.1, -0.05) is 0 Å². The monoisotopic (exact) mass is 321 g/mol. The van der Waals surface area contributed by atoms with Crippen LogP contribution in [0.4, 0.5) is 19.3 Å². The molecule has 2 N–H and O–H groups in total. The molecule has 0 atom stereocenters. The first-order valence-electron chi connectivity index (χ1n) is 5.24. The van der Waals surface area contributed by atoms with Crippen molar-refractivity contribution in [1.82, 2.24) is 10.2 Å². The summed E-state index contributed by atoms with van der Waals surface area (Å²) in [6, 6.07) is 1.35. The summed E-state index contributed by atoms with van der Waals surface area (Å²) < 4.78 is 26.4. The number of anilines is 1. The van der Waals surface area contributed by atoms with Crippen molar-refractivity contribution in [2.24, 2.45) is 0 Å². The second kappa shape index (κ2) is 6.65. The topological polar surface area (TPSA) is 44.4 Å². The third-order valence-electron chi connectivity index (χ3n) is 2.10. The van der Waals surface area contributed by atoms with Crippen LogP contribution in [0.1, 0.15) is 0 Å². The van der Waals surface area contributed by atoms with Crippen LogP contribution in [-0.4, -0.2) is 38.1 Å².